The van der Waals surface area contributed by atoms with Crippen molar-refractivity contribution in [3.05, 3.63) is 75.1 Å². The summed E-state index contributed by atoms with van der Waals surface area (Å²) in [5.41, 5.74) is 2.36. The summed E-state index contributed by atoms with van der Waals surface area (Å²) in [6.07, 6.45) is 3.26. The highest BCUT2D eigenvalue weighted by molar-refractivity contribution is 7.13. The van der Waals surface area contributed by atoms with Crippen molar-refractivity contribution in [1.29, 1.82) is 0 Å². The molecule has 1 aromatic carbocycles. The van der Waals surface area contributed by atoms with E-state index >= 15 is 0 Å². The number of hydrogen-bond acceptors (Lipinski definition) is 11. The largest absolute Gasteiger partial charge is 0.460 e. The number of halogens is 1. The van der Waals surface area contributed by atoms with Crippen LogP contribution in [-0.2, 0) is 24.8 Å². The van der Waals surface area contributed by atoms with Crippen molar-refractivity contribution in [2.45, 2.75) is 71.9 Å². The van der Waals surface area contributed by atoms with Gasteiger partial charge in [0, 0.05) is 68.0 Å². The zero-order valence-electron chi connectivity index (χ0n) is 30.6. The first-order chi connectivity index (χ1) is 23.5. The number of hydrogen-bond donors (Lipinski definition) is 1. The van der Waals surface area contributed by atoms with Crippen molar-refractivity contribution in [2.75, 3.05) is 62.8 Å². The van der Waals surface area contributed by atoms with Crippen molar-refractivity contribution >= 4 is 54.9 Å². The average molecular weight is 743 g/mol. The third-order valence-electron chi connectivity index (χ3n) is 8.63. The van der Waals surface area contributed by atoms with E-state index in [0.717, 1.165) is 60.9 Å². The molecular formula is C36H51ClN6O5SSi. The quantitative estimate of drug-likeness (QED) is 0.0803. The number of aromatic nitrogens is 3. The van der Waals surface area contributed by atoms with Crippen LogP contribution in [0.4, 0.5) is 11.5 Å². The first kappa shape index (κ1) is 39.6. The number of esters is 1. The van der Waals surface area contributed by atoms with Gasteiger partial charge in [-0.05, 0) is 25.5 Å². The lowest BCUT2D eigenvalue weighted by Gasteiger charge is -2.49. The van der Waals surface area contributed by atoms with Gasteiger partial charge in [0.1, 0.15) is 23.1 Å². The van der Waals surface area contributed by atoms with Gasteiger partial charge in [-0.2, -0.15) is 0 Å². The minimum absolute atomic E-state index is 0.160. The number of benzene rings is 1. The lowest BCUT2D eigenvalue weighted by Crippen LogP contribution is -2.58. The molecule has 1 aliphatic heterocycles. The molecule has 14 heteroatoms. The maximum absolute atomic E-state index is 12.9. The van der Waals surface area contributed by atoms with Gasteiger partial charge in [-0.1, -0.05) is 71.9 Å². The molecule has 3 aromatic rings. The molecule has 50 heavy (non-hydrogen) atoms. The van der Waals surface area contributed by atoms with Crippen molar-refractivity contribution in [1.82, 2.24) is 19.9 Å². The summed E-state index contributed by atoms with van der Waals surface area (Å²) in [5.74, 6) is 0.893. The summed E-state index contributed by atoms with van der Waals surface area (Å²) >= 11 is 7.65. The number of anilines is 2. The molecule has 1 fully saturated rings. The predicted molar refractivity (Wildman–Crippen MR) is 203 cm³/mol. The van der Waals surface area contributed by atoms with Crippen LogP contribution in [0.25, 0.3) is 0 Å². The van der Waals surface area contributed by atoms with E-state index in [2.05, 4.69) is 73.2 Å². The molecule has 1 saturated heterocycles. The van der Waals surface area contributed by atoms with E-state index in [4.69, 9.17) is 30.2 Å². The van der Waals surface area contributed by atoms with E-state index in [1.54, 1.807) is 12.3 Å². The molecule has 2 aromatic heterocycles. The number of piperazine rings is 1. The highest BCUT2D eigenvalue weighted by atomic mass is 35.5. The number of thiazole rings is 1. The molecule has 0 aliphatic carbocycles. The van der Waals surface area contributed by atoms with Gasteiger partial charge in [0.05, 0.1) is 34.2 Å². The van der Waals surface area contributed by atoms with Crippen LogP contribution in [0.2, 0.25) is 15.1 Å². The van der Waals surface area contributed by atoms with Gasteiger partial charge < -0.3 is 23.8 Å². The maximum Gasteiger partial charge on any atom is 0.349 e. The molecule has 0 unspecified atom stereocenters. The van der Waals surface area contributed by atoms with Crippen LogP contribution in [-0.4, -0.2) is 92.8 Å². The fourth-order valence-electron chi connectivity index (χ4n) is 6.42. The lowest BCUT2D eigenvalue weighted by atomic mass is 10.2. The van der Waals surface area contributed by atoms with E-state index < -0.39 is 14.5 Å². The van der Waals surface area contributed by atoms with Gasteiger partial charge >= 0.3 is 14.5 Å². The summed E-state index contributed by atoms with van der Waals surface area (Å²) in [6, 6.07) is 7.54. The Labute approximate surface area is 306 Å². The molecule has 1 aliphatic rings. The first-order valence-corrected chi connectivity index (χ1v) is 19.9. The SMILES string of the molecule is C=CC(=O)OCCO[Si](OCCN1CCN(c2cc(Cc3ncc(C(=O)Nc4c(C)cccc4Cl)s3)nc(C)n2)CC1)(C(C)(C)C)C(C)(C)C. The standard InChI is InChI=1S/C36H51ClN6O5SSi/c1-10-32(44)46-20-21-48-50(35(4,5)6,36(7,8)9)47-19-18-42-14-16-43(17-15-42)30-22-27(39-26(3)40-30)23-31-38-24-29(49-31)34(45)41-33-25(2)12-11-13-28(33)37/h10-13,22,24H,1,14-21,23H2,2-9H3,(H,41,45). The van der Waals surface area contributed by atoms with Crippen molar-refractivity contribution in [3.63, 3.8) is 0 Å². The van der Waals surface area contributed by atoms with Crippen molar-refractivity contribution in [2.24, 2.45) is 0 Å². The number of aryl methyl sites for hydroxylation is 2. The molecule has 0 saturated carbocycles. The minimum Gasteiger partial charge on any atom is -0.460 e. The van der Waals surface area contributed by atoms with E-state index in [9.17, 15) is 9.59 Å². The van der Waals surface area contributed by atoms with Crippen LogP contribution in [0, 0.1) is 13.8 Å². The van der Waals surface area contributed by atoms with Crippen LogP contribution in [0.5, 0.6) is 0 Å². The molecule has 4 rings (SSSR count). The Kier molecular flexibility index (Phi) is 13.4. The minimum atomic E-state index is -2.81. The van der Waals surface area contributed by atoms with Gasteiger partial charge in [-0.25, -0.2) is 19.7 Å². The van der Waals surface area contributed by atoms with E-state index in [0.29, 0.717) is 34.4 Å². The van der Waals surface area contributed by atoms with Gasteiger partial charge in [0.25, 0.3) is 5.91 Å². The summed E-state index contributed by atoms with van der Waals surface area (Å²) < 4.78 is 18.5. The van der Waals surface area contributed by atoms with Gasteiger partial charge in [0.2, 0.25) is 0 Å². The maximum atomic E-state index is 12.9. The monoisotopic (exact) mass is 742 g/mol. The van der Waals surface area contributed by atoms with Crippen molar-refractivity contribution < 1.29 is 23.2 Å². The molecule has 0 atom stereocenters. The Bertz CT molecular complexity index is 1610. The van der Waals surface area contributed by atoms with Crippen LogP contribution in [0.1, 0.15) is 73.3 Å². The number of para-hydroxylation sites is 1. The first-order valence-electron chi connectivity index (χ1n) is 16.9. The van der Waals surface area contributed by atoms with Crippen molar-refractivity contribution in [3.8, 4) is 0 Å². The molecule has 0 radical (unpaired) electrons. The summed E-state index contributed by atoms with van der Waals surface area (Å²) in [7, 11) is -2.81. The third-order valence-corrected chi connectivity index (χ3v) is 15.1. The number of carbonyl (C=O) groups is 2. The Hall–Kier alpha value is -3.20. The molecule has 272 valence electrons. The third kappa shape index (κ3) is 9.98. The smallest absolute Gasteiger partial charge is 0.349 e. The Morgan fingerprint density at radius 2 is 1.70 bits per heavy atom. The zero-order valence-corrected chi connectivity index (χ0v) is 33.2. The topological polar surface area (TPSA) is 119 Å². The number of nitrogens with zero attached hydrogens (tertiary/aromatic N) is 5. The van der Waals surface area contributed by atoms with Crippen LogP contribution in [0.15, 0.2) is 43.1 Å². The van der Waals surface area contributed by atoms with Gasteiger partial charge in [-0.3, -0.25) is 9.69 Å². The van der Waals surface area contributed by atoms with Crippen LogP contribution >= 0.6 is 22.9 Å². The molecule has 3 heterocycles. The predicted octanol–water partition coefficient (Wildman–Crippen LogP) is 6.97. The number of amides is 1. The van der Waals surface area contributed by atoms with E-state index in [1.807, 2.05) is 32.0 Å². The summed E-state index contributed by atoms with van der Waals surface area (Å²) in [4.78, 5) is 43.6. The highest BCUT2D eigenvalue weighted by Gasteiger charge is 2.58. The zero-order chi connectivity index (χ0) is 36.7. The second kappa shape index (κ2) is 16.9. The summed E-state index contributed by atoms with van der Waals surface area (Å²) in [6.45, 7) is 25.5. The Morgan fingerprint density at radius 1 is 1.02 bits per heavy atom. The molecule has 1 amide bonds. The highest BCUT2D eigenvalue weighted by Crippen LogP contribution is 2.52. The van der Waals surface area contributed by atoms with E-state index in [-0.39, 0.29) is 29.2 Å². The Morgan fingerprint density at radius 3 is 2.34 bits per heavy atom. The summed E-state index contributed by atoms with van der Waals surface area (Å²) in [5, 5.41) is 3.79. The Balaban J connectivity index is 1.32. The number of ether oxygens (including phenoxy) is 1. The van der Waals surface area contributed by atoms with Gasteiger partial charge in [0.15, 0.2) is 0 Å². The normalized spacial score (nSPS) is 14.5. The van der Waals surface area contributed by atoms with Crippen LogP contribution < -0.4 is 10.2 Å². The molecule has 1 N–H and O–H groups in total. The fraction of sp³-hybridized carbons (Fsp3) is 0.528. The van der Waals surface area contributed by atoms with E-state index in [1.165, 1.54) is 11.3 Å². The molecule has 0 bridgehead atoms. The molecule has 11 nitrogen and oxygen atoms in total. The number of rotatable bonds is 14. The second-order valence-electron chi connectivity index (χ2n) is 14.5. The molecular weight excluding hydrogens is 692 g/mol. The lowest BCUT2D eigenvalue weighted by molar-refractivity contribution is -0.138. The average Bonchev–Trinajstić information content (AvgIpc) is 3.51. The number of carbonyl (C=O) groups excluding carboxylic acids is 2. The molecule has 0 spiro atoms. The van der Waals surface area contributed by atoms with Crippen LogP contribution in [0.3, 0.4) is 0 Å². The fourth-order valence-corrected chi connectivity index (χ4v) is 12.3. The second-order valence-corrected chi connectivity index (χ2v) is 20.8. The van der Waals surface area contributed by atoms with Gasteiger partial charge in [-0.15, -0.1) is 11.3 Å². The number of nitrogens with one attached hydrogen (secondary N) is 1.